The third-order valence-electron chi connectivity index (χ3n) is 2.78. The van der Waals surface area contributed by atoms with Crippen LogP contribution in [0.2, 0.25) is 0 Å². The van der Waals surface area contributed by atoms with Crippen LogP contribution >= 0.6 is 0 Å². The molecule has 0 fully saturated rings. The van der Waals surface area contributed by atoms with Gasteiger partial charge in [0, 0.05) is 18.8 Å². The van der Waals surface area contributed by atoms with Crippen LogP contribution in [0.1, 0.15) is 36.8 Å². The minimum absolute atomic E-state index is 0.117. The van der Waals surface area contributed by atoms with E-state index in [1.165, 1.54) is 19.2 Å². The highest BCUT2D eigenvalue weighted by Gasteiger charge is 2.21. The molecule has 2 N–H and O–H groups in total. The molecule has 0 aliphatic carbocycles. The summed E-state index contributed by atoms with van der Waals surface area (Å²) >= 11 is 0. The first kappa shape index (κ1) is 20.7. The number of carboxylic acid groups (broad SMARTS) is 1. The predicted octanol–water partition coefficient (Wildman–Crippen LogP) is 2.78. The van der Waals surface area contributed by atoms with Crippen LogP contribution in [0.3, 0.4) is 0 Å². The molecule has 0 spiro atoms. The van der Waals surface area contributed by atoms with E-state index in [1.807, 2.05) is 0 Å². The van der Waals surface area contributed by atoms with Crippen molar-refractivity contribution in [3.8, 4) is 0 Å². The highest BCUT2D eigenvalue weighted by Crippen LogP contribution is 2.27. The van der Waals surface area contributed by atoms with Gasteiger partial charge in [-0.25, -0.2) is 19.6 Å². The van der Waals surface area contributed by atoms with E-state index < -0.39 is 28.3 Å². The van der Waals surface area contributed by atoms with Crippen molar-refractivity contribution in [3.05, 3.63) is 39.6 Å². The molecule has 0 radical (unpaired) electrons. The lowest BCUT2D eigenvalue weighted by Crippen LogP contribution is -2.32. The molecule has 0 unspecified atom stereocenters. The smallest absolute Gasteiger partial charge is 0.407 e. The Bertz CT molecular complexity index is 765. The highest BCUT2D eigenvalue weighted by molar-refractivity contribution is 5.90. The number of carbonyl (C=O) groups excluding carboxylic acids is 1. The summed E-state index contributed by atoms with van der Waals surface area (Å²) in [4.78, 5) is 40.5. The summed E-state index contributed by atoms with van der Waals surface area (Å²) in [6, 6.07) is 0.922. The van der Waals surface area contributed by atoms with Gasteiger partial charge in [0.1, 0.15) is 5.60 Å². The lowest BCUT2D eigenvalue weighted by molar-refractivity contribution is -0.384. The van der Waals surface area contributed by atoms with Crippen LogP contribution in [-0.4, -0.2) is 45.4 Å². The van der Waals surface area contributed by atoms with E-state index in [2.05, 4.69) is 15.3 Å². The molecule has 10 heteroatoms. The Morgan fingerprint density at radius 3 is 2.65 bits per heavy atom. The lowest BCUT2D eigenvalue weighted by atomic mass is 10.2. The number of hydrogen-bond acceptors (Lipinski definition) is 7. The number of allylic oxidation sites excluding steroid dienone is 1. The number of carboxylic acids is 1. The van der Waals surface area contributed by atoms with Crippen LogP contribution in [0.15, 0.2) is 23.2 Å². The maximum atomic E-state index is 11.4. The molecule has 1 aromatic heterocycles. The quantitative estimate of drug-likeness (QED) is 0.448. The number of ether oxygens (including phenoxy) is 1. The molecule has 1 heterocycles. The number of nitrogens with one attached hydrogen (secondary N) is 1. The summed E-state index contributed by atoms with van der Waals surface area (Å²) in [5.41, 5.74) is -1.25. The first-order chi connectivity index (χ1) is 12.0. The van der Waals surface area contributed by atoms with E-state index in [1.54, 1.807) is 26.8 Å². The number of rotatable bonds is 6. The van der Waals surface area contributed by atoms with Crippen molar-refractivity contribution in [2.75, 3.05) is 6.54 Å². The molecule has 0 aliphatic heterocycles. The Kier molecular flexibility index (Phi) is 6.94. The van der Waals surface area contributed by atoms with Crippen LogP contribution < -0.4 is 5.32 Å². The number of nitrogens with zero attached hydrogens (tertiary/aromatic N) is 3. The average Bonchev–Trinajstić information content (AvgIpc) is 2.48. The van der Waals surface area contributed by atoms with Crippen LogP contribution in [-0.2, 0) is 4.74 Å². The number of aromatic nitrogens is 1. The van der Waals surface area contributed by atoms with Crippen molar-refractivity contribution < 1.29 is 24.4 Å². The lowest BCUT2D eigenvalue weighted by Gasteiger charge is -2.19. The molecule has 0 aromatic carbocycles. The van der Waals surface area contributed by atoms with Gasteiger partial charge < -0.3 is 15.2 Å². The molecule has 0 aliphatic rings. The first-order valence-corrected chi connectivity index (χ1v) is 7.56. The van der Waals surface area contributed by atoms with Gasteiger partial charge in [-0.05, 0) is 33.8 Å². The topological polar surface area (TPSA) is 144 Å². The van der Waals surface area contributed by atoms with Gasteiger partial charge in [-0.3, -0.25) is 10.1 Å². The number of pyridine rings is 1. The van der Waals surface area contributed by atoms with Crippen molar-refractivity contribution in [1.29, 1.82) is 0 Å². The molecular formula is C16H20N4O6. The number of aromatic carboxylic acids is 1. The molecule has 10 nitrogen and oxygen atoms in total. The van der Waals surface area contributed by atoms with Crippen LogP contribution in [0, 0.1) is 17.0 Å². The normalized spacial score (nSPS) is 11.7. The van der Waals surface area contributed by atoms with Gasteiger partial charge in [-0.2, -0.15) is 0 Å². The molecule has 1 aromatic rings. The number of carbonyl (C=O) groups is 2. The van der Waals surface area contributed by atoms with E-state index >= 15 is 0 Å². The number of alkyl carbamates (subject to hydrolysis) is 1. The zero-order chi connectivity index (χ0) is 19.9. The first-order valence-electron chi connectivity index (χ1n) is 7.56. The largest absolute Gasteiger partial charge is 0.478 e. The van der Waals surface area contributed by atoms with Crippen molar-refractivity contribution >= 4 is 29.8 Å². The summed E-state index contributed by atoms with van der Waals surface area (Å²) in [5.74, 6) is -1.51. The number of hydrogen-bond donors (Lipinski definition) is 2. The van der Waals surface area contributed by atoms with Crippen molar-refractivity contribution in [3.63, 3.8) is 0 Å². The van der Waals surface area contributed by atoms with Crippen LogP contribution in [0.4, 0.5) is 16.3 Å². The maximum absolute atomic E-state index is 11.4. The van der Waals surface area contributed by atoms with Crippen LogP contribution in [0.5, 0.6) is 0 Å². The Labute approximate surface area is 149 Å². The molecule has 0 saturated heterocycles. The number of aryl methyl sites for hydroxylation is 1. The van der Waals surface area contributed by atoms with E-state index in [0.717, 1.165) is 6.07 Å². The van der Waals surface area contributed by atoms with Gasteiger partial charge in [0.15, 0.2) is 0 Å². The molecular weight excluding hydrogens is 344 g/mol. The zero-order valence-corrected chi connectivity index (χ0v) is 14.8. The standard InChI is InChI=1S/C16H20N4O6/c1-10-11(14(21)22)9-12(20(24)25)13(19-10)17-7-5-6-8-18-15(23)26-16(2,3)4/h5-7,9H,8H2,1-4H3,(H,18,23)(H,21,22)/b6-5+,17-7?. The van der Waals surface area contributed by atoms with Crippen molar-refractivity contribution in [2.24, 2.45) is 4.99 Å². The Balaban J connectivity index is 2.76. The minimum Gasteiger partial charge on any atom is -0.478 e. The molecule has 0 bridgehead atoms. The Morgan fingerprint density at radius 1 is 1.46 bits per heavy atom. The van der Waals surface area contributed by atoms with Gasteiger partial charge in [0.25, 0.3) is 0 Å². The third-order valence-corrected chi connectivity index (χ3v) is 2.78. The van der Waals surface area contributed by atoms with Gasteiger partial charge >= 0.3 is 17.7 Å². The molecule has 0 saturated carbocycles. The fourth-order valence-corrected chi connectivity index (χ4v) is 1.73. The molecule has 140 valence electrons. The predicted molar refractivity (Wildman–Crippen MR) is 94.1 cm³/mol. The molecule has 1 rings (SSSR count). The second-order valence-corrected chi connectivity index (χ2v) is 6.12. The zero-order valence-electron chi connectivity index (χ0n) is 14.8. The van der Waals surface area contributed by atoms with Gasteiger partial charge in [0.05, 0.1) is 16.2 Å². The third kappa shape index (κ3) is 6.67. The van der Waals surface area contributed by atoms with Gasteiger partial charge in [0.2, 0.25) is 5.82 Å². The molecule has 1 amide bonds. The fourth-order valence-electron chi connectivity index (χ4n) is 1.73. The molecule has 26 heavy (non-hydrogen) atoms. The second-order valence-electron chi connectivity index (χ2n) is 6.12. The fraction of sp³-hybridized carbons (Fsp3) is 0.375. The second kappa shape index (κ2) is 8.70. The van der Waals surface area contributed by atoms with E-state index in [-0.39, 0.29) is 23.6 Å². The minimum atomic E-state index is -1.30. The molecule has 0 atom stereocenters. The number of nitro groups is 1. The van der Waals surface area contributed by atoms with Gasteiger partial charge in [-0.15, -0.1) is 0 Å². The number of aliphatic imine (C=N–C) groups is 1. The summed E-state index contributed by atoms with van der Waals surface area (Å²) < 4.78 is 5.05. The van der Waals surface area contributed by atoms with E-state index in [9.17, 15) is 19.7 Å². The van der Waals surface area contributed by atoms with E-state index in [4.69, 9.17) is 9.84 Å². The van der Waals surface area contributed by atoms with Crippen LogP contribution in [0.25, 0.3) is 0 Å². The summed E-state index contributed by atoms with van der Waals surface area (Å²) in [5, 5.41) is 22.5. The SMILES string of the molecule is Cc1nc(N=C/C=C/CNC(=O)OC(C)(C)C)c([N+](=O)[O-])cc1C(=O)O. The summed E-state index contributed by atoms with van der Waals surface area (Å²) in [7, 11) is 0. The Hall–Kier alpha value is -3.30. The van der Waals surface area contributed by atoms with E-state index in [0.29, 0.717) is 0 Å². The highest BCUT2D eigenvalue weighted by atomic mass is 16.6. The summed E-state index contributed by atoms with van der Waals surface area (Å²) in [6.45, 7) is 6.83. The summed E-state index contributed by atoms with van der Waals surface area (Å²) in [6.07, 6.45) is 3.70. The monoisotopic (exact) mass is 364 g/mol. The maximum Gasteiger partial charge on any atom is 0.407 e. The van der Waals surface area contributed by atoms with Crippen molar-refractivity contribution in [2.45, 2.75) is 33.3 Å². The Morgan fingerprint density at radius 2 is 2.12 bits per heavy atom. The van der Waals surface area contributed by atoms with Crippen molar-refractivity contribution in [1.82, 2.24) is 10.3 Å². The van der Waals surface area contributed by atoms with Gasteiger partial charge in [-0.1, -0.05) is 6.08 Å². The average molecular weight is 364 g/mol. The number of amides is 1.